The second kappa shape index (κ2) is 7.25. The Kier molecular flexibility index (Phi) is 7.92. The molecule has 4 N–H and O–H groups in total. The molecule has 0 bridgehead atoms. The van der Waals surface area contributed by atoms with Crippen LogP contribution in [0, 0.1) is 0 Å². The van der Waals surface area contributed by atoms with E-state index in [2.05, 4.69) is 13.2 Å². The minimum absolute atomic E-state index is 0.505. The lowest BCUT2D eigenvalue weighted by molar-refractivity contribution is -0.139. The summed E-state index contributed by atoms with van der Waals surface area (Å²) in [6.07, 6.45) is 0. The normalized spacial score (nSPS) is 11.9. The lowest BCUT2D eigenvalue weighted by atomic mass is 10.3. The van der Waals surface area contributed by atoms with Gasteiger partial charge in [0, 0.05) is 10.8 Å². The van der Waals surface area contributed by atoms with E-state index >= 15 is 0 Å². The van der Waals surface area contributed by atoms with E-state index in [0.29, 0.717) is 0 Å². The van der Waals surface area contributed by atoms with Gasteiger partial charge in [-0.25, -0.2) is 8.42 Å². The zero-order valence-electron chi connectivity index (χ0n) is 7.46. The van der Waals surface area contributed by atoms with Crippen molar-refractivity contribution < 1.29 is 23.4 Å². The third kappa shape index (κ3) is 8.91. The van der Waals surface area contributed by atoms with Crippen molar-refractivity contribution >= 4 is 15.8 Å². The predicted molar refractivity (Wildman–Crippen MR) is 52.0 cm³/mol. The average molecular weight is 223 g/mol. The first-order valence-electron chi connectivity index (χ1n) is 3.40. The van der Waals surface area contributed by atoms with Crippen LogP contribution in [0.1, 0.15) is 0 Å². The Morgan fingerprint density at radius 2 is 1.79 bits per heavy atom. The summed E-state index contributed by atoms with van der Waals surface area (Å²) in [5.74, 6) is -1.18. The van der Waals surface area contributed by atoms with Gasteiger partial charge in [-0.3, -0.25) is 4.79 Å². The van der Waals surface area contributed by atoms with Gasteiger partial charge in [-0.05, 0) is 0 Å². The number of sulfone groups is 1. The van der Waals surface area contributed by atoms with Crippen LogP contribution >= 0.6 is 0 Å². The van der Waals surface area contributed by atoms with Crippen molar-refractivity contribution in [3.05, 3.63) is 24.0 Å². The number of aliphatic carboxylic acids is 1. The van der Waals surface area contributed by atoms with Crippen LogP contribution in [0.15, 0.2) is 24.0 Å². The van der Waals surface area contributed by atoms with Gasteiger partial charge in [0.05, 0.1) is 6.61 Å². The summed E-state index contributed by atoms with van der Waals surface area (Å²) in [4.78, 5) is 9.65. The molecule has 7 heteroatoms. The fourth-order valence-electron chi connectivity index (χ4n) is 0.146. The number of carboxylic acid groups (broad SMARTS) is 1. The Labute approximate surface area is 82.3 Å². The molecule has 0 aliphatic heterocycles. The number of carbonyl (C=O) groups is 1. The van der Waals surface area contributed by atoms with Crippen molar-refractivity contribution in [2.75, 3.05) is 6.61 Å². The number of carboxylic acids is 1. The summed E-state index contributed by atoms with van der Waals surface area (Å²) in [6.45, 7) is 5.58. The maximum absolute atomic E-state index is 10.1. The maximum atomic E-state index is 10.1. The number of nitrogens with two attached hydrogens (primary N) is 1. The third-order valence-corrected chi connectivity index (χ3v) is 1.91. The molecule has 82 valence electrons. The van der Waals surface area contributed by atoms with E-state index in [4.69, 9.17) is 15.9 Å². The topological polar surface area (TPSA) is 118 Å². The van der Waals surface area contributed by atoms with Crippen molar-refractivity contribution in [1.82, 2.24) is 0 Å². The van der Waals surface area contributed by atoms with Gasteiger partial charge in [0.15, 0.2) is 9.84 Å². The first-order valence-corrected chi connectivity index (χ1v) is 5.00. The second-order valence-electron chi connectivity index (χ2n) is 2.05. The Morgan fingerprint density at radius 1 is 1.43 bits per heavy atom. The van der Waals surface area contributed by atoms with Gasteiger partial charge < -0.3 is 15.9 Å². The minimum Gasteiger partial charge on any atom is -0.480 e. The van der Waals surface area contributed by atoms with Gasteiger partial charge in [-0.2, -0.15) is 0 Å². The lowest BCUT2D eigenvalue weighted by Crippen LogP contribution is -2.33. The molecule has 0 saturated heterocycles. The summed E-state index contributed by atoms with van der Waals surface area (Å²) in [7, 11) is -3.13. The molecule has 6 nitrogen and oxygen atoms in total. The van der Waals surface area contributed by atoms with Gasteiger partial charge in [0.25, 0.3) is 0 Å². The molecule has 1 atom stereocenters. The number of hydrogen-bond acceptors (Lipinski definition) is 5. The molecule has 0 amide bonds. The first kappa shape index (κ1) is 15.3. The van der Waals surface area contributed by atoms with E-state index < -0.39 is 28.5 Å². The minimum atomic E-state index is -3.13. The molecule has 0 aromatic carbocycles. The fraction of sp³-hybridized carbons (Fsp3) is 0.286. The fourth-order valence-corrected chi connectivity index (χ4v) is 0.282. The average Bonchev–Trinajstić information content (AvgIpc) is 2.17. The number of aliphatic hydroxyl groups is 1. The lowest BCUT2D eigenvalue weighted by Gasteiger charge is -1.96. The highest BCUT2D eigenvalue weighted by Gasteiger charge is 2.06. The maximum Gasteiger partial charge on any atom is 0.322 e. The van der Waals surface area contributed by atoms with Gasteiger partial charge in [-0.1, -0.05) is 13.2 Å². The predicted octanol–water partition coefficient (Wildman–Crippen LogP) is -0.921. The van der Waals surface area contributed by atoms with E-state index in [1.807, 2.05) is 0 Å². The molecule has 0 aromatic heterocycles. The molecule has 0 aliphatic rings. The second-order valence-corrected chi connectivity index (χ2v) is 3.89. The van der Waals surface area contributed by atoms with Crippen LogP contribution in [0.3, 0.4) is 0 Å². The highest BCUT2D eigenvalue weighted by atomic mass is 32.2. The molecule has 0 spiro atoms. The number of hydrogen-bond donors (Lipinski definition) is 3. The van der Waals surface area contributed by atoms with E-state index in [1.165, 1.54) is 0 Å². The molecule has 0 saturated carbocycles. The van der Waals surface area contributed by atoms with Crippen LogP contribution in [0.5, 0.6) is 0 Å². The van der Waals surface area contributed by atoms with E-state index in [9.17, 15) is 13.2 Å². The molecule has 0 aromatic rings. The first-order chi connectivity index (χ1) is 6.30. The highest BCUT2D eigenvalue weighted by molar-refractivity contribution is 7.97. The quantitative estimate of drug-likeness (QED) is 0.567. The molecule has 0 radical (unpaired) electrons. The van der Waals surface area contributed by atoms with Gasteiger partial charge in [-0.15, -0.1) is 0 Å². The molecule has 0 fully saturated rings. The van der Waals surface area contributed by atoms with Crippen molar-refractivity contribution in [1.29, 1.82) is 0 Å². The SMILES string of the molecule is C=CS(=O)(=O)C=C.N[C@@H](CO)C(=O)O. The highest BCUT2D eigenvalue weighted by Crippen LogP contribution is 1.87. The molecule has 0 heterocycles. The van der Waals surface area contributed by atoms with Crippen molar-refractivity contribution in [2.45, 2.75) is 6.04 Å². The standard InChI is InChI=1S/C4H6O2S.C3H7NO3/c1-3-7(5,6)4-2;4-2(1-5)3(6)7/h3-4H,1-2H2;2,5H,1,4H2,(H,6,7)/t;2-/m.0/s1. The van der Waals surface area contributed by atoms with Gasteiger partial charge >= 0.3 is 5.97 Å². The molecule has 14 heavy (non-hydrogen) atoms. The van der Waals surface area contributed by atoms with Crippen LogP contribution in [-0.4, -0.2) is 37.2 Å². The summed E-state index contributed by atoms with van der Waals surface area (Å²) >= 11 is 0. The van der Waals surface area contributed by atoms with Crippen LogP contribution in [-0.2, 0) is 14.6 Å². The number of rotatable bonds is 4. The largest absolute Gasteiger partial charge is 0.480 e. The third-order valence-electron chi connectivity index (χ3n) is 0.979. The summed E-state index contributed by atoms with van der Waals surface area (Å²) in [6, 6.07) is -1.13. The van der Waals surface area contributed by atoms with E-state index in [-0.39, 0.29) is 0 Å². The Hall–Kier alpha value is -1.18. The smallest absolute Gasteiger partial charge is 0.322 e. The van der Waals surface area contributed by atoms with Crippen molar-refractivity contribution in [3.8, 4) is 0 Å². The van der Waals surface area contributed by atoms with Crippen LogP contribution < -0.4 is 5.73 Å². The van der Waals surface area contributed by atoms with Crippen LogP contribution in [0.2, 0.25) is 0 Å². The van der Waals surface area contributed by atoms with Crippen molar-refractivity contribution in [3.63, 3.8) is 0 Å². The number of aliphatic hydroxyl groups excluding tert-OH is 1. The Bertz CT molecular complexity index is 281. The Morgan fingerprint density at radius 3 is 1.79 bits per heavy atom. The monoisotopic (exact) mass is 223 g/mol. The molecular weight excluding hydrogens is 210 g/mol. The molecule has 0 rings (SSSR count). The summed E-state index contributed by atoms with van der Waals surface area (Å²) in [5, 5.41) is 17.6. The molecule has 0 aliphatic carbocycles. The summed E-state index contributed by atoms with van der Waals surface area (Å²) in [5.41, 5.74) is 4.77. The van der Waals surface area contributed by atoms with Crippen LogP contribution in [0.4, 0.5) is 0 Å². The van der Waals surface area contributed by atoms with E-state index in [1.54, 1.807) is 0 Å². The zero-order chi connectivity index (χ0) is 11.8. The van der Waals surface area contributed by atoms with Crippen LogP contribution in [0.25, 0.3) is 0 Å². The zero-order valence-corrected chi connectivity index (χ0v) is 8.27. The summed E-state index contributed by atoms with van der Waals surface area (Å²) < 4.78 is 20.3. The van der Waals surface area contributed by atoms with Crippen molar-refractivity contribution in [2.24, 2.45) is 5.73 Å². The molecule has 0 unspecified atom stereocenters. The molecular formula is C7H13NO5S. The van der Waals surface area contributed by atoms with Gasteiger partial charge in [0.1, 0.15) is 6.04 Å². The van der Waals surface area contributed by atoms with E-state index in [0.717, 1.165) is 10.8 Å². The Balaban J connectivity index is 0. The van der Waals surface area contributed by atoms with Gasteiger partial charge in [0.2, 0.25) is 0 Å².